The largest absolute Gasteiger partial charge is 0.294 e. The average Bonchev–Trinajstić information content (AvgIpc) is 1.56. The molecule has 0 atom stereocenters. The van der Waals surface area contributed by atoms with Crippen LogP contribution < -0.4 is 0 Å². The van der Waals surface area contributed by atoms with Crippen LogP contribution in [-0.4, -0.2) is 33.6 Å². The lowest BCUT2D eigenvalue weighted by Gasteiger charge is -2.12. The third-order valence-electron chi connectivity index (χ3n) is 26.3. The predicted molar refractivity (Wildman–Crippen MR) is 550 cm³/mol. The van der Waals surface area contributed by atoms with Crippen LogP contribution in [-0.2, 0) is 0 Å². The van der Waals surface area contributed by atoms with E-state index >= 15 is 0 Å². The van der Waals surface area contributed by atoms with E-state index in [1.165, 1.54) is 120 Å². The highest BCUT2D eigenvalue weighted by molar-refractivity contribution is 7.27. The molecule has 28 rings (SSSR count). The van der Waals surface area contributed by atoms with Gasteiger partial charge in [0.2, 0.25) is 5.95 Å². The summed E-state index contributed by atoms with van der Waals surface area (Å²) < 4.78 is 14.1. The van der Waals surface area contributed by atoms with Crippen LogP contribution >= 0.6 is 34.0 Å². The summed E-state index contributed by atoms with van der Waals surface area (Å²) in [5, 5.41) is 67.2. The molecule has 9 aromatic heterocycles. The topological polar surface area (TPSA) is 162 Å². The predicted octanol–water partition coefficient (Wildman–Crippen LogP) is 31.6. The minimum atomic E-state index is 0.275. The first-order valence-corrected chi connectivity index (χ1v) is 46.0. The Labute approximate surface area is 764 Å². The molecule has 0 aliphatic rings. The van der Waals surface area contributed by atoms with Gasteiger partial charge < -0.3 is 0 Å². The van der Waals surface area contributed by atoms with Gasteiger partial charge in [-0.3, -0.25) is 13.7 Å². The van der Waals surface area contributed by atoms with Crippen molar-refractivity contribution >= 4 is 236 Å². The minimum absolute atomic E-state index is 0.275. The Kier molecular flexibility index (Phi) is 17.2. The lowest BCUT2D eigenvalue weighted by atomic mass is 9.98. The molecule has 9 heterocycles. The zero-order valence-electron chi connectivity index (χ0n) is 70.0. The van der Waals surface area contributed by atoms with E-state index < -0.39 is 0 Å². The third kappa shape index (κ3) is 11.7. The molecule has 11 nitrogen and oxygen atoms in total. The van der Waals surface area contributed by atoms with Gasteiger partial charge >= 0.3 is 0 Å². The summed E-state index contributed by atoms with van der Waals surface area (Å²) in [6.45, 7) is 0. The van der Waals surface area contributed by atoms with Crippen molar-refractivity contribution in [1.82, 2.24) is 33.6 Å². The fraction of sp³-hybridized carbons (Fsp3) is 0. The molecule has 0 N–H and O–H groups in total. The Hall–Kier alpha value is -17.6. The molecule has 0 aliphatic heterocycles. The molecule has 19 aromatic carbocycles. The maximum Gasteiger partial charge on any atom is 0.236 e. The van der Waals surface area contributed by atoms with Gasteiger partial charge in [0.15, 0.2) is 11.5 Å². The van der Waals surface area contributed by atoms with Crippen LogP contribution in [0.25, 0.3) is 253 Å². The van der Waals surface area contributed by atoms with Crippen LogP contribution in [0.1, 0.15) is 22.4 Å². The Morgan fingerprint density at radius 1 is 0.227 bits per heavy atom. The quantitative estimate of drug-likeness (QED) is 0.159. The summed E-state index contributed by atoms with van der Waals surface area (Å²) in [6.07, 6.45) is 0. The van der Waals surface area contributed by atoms with E-state index in [1.807, 2.05) is 113 Å². The van der Waals surface area contributed by atoms with Crippen molar-refractivity contribution in [2.45, 2.75) is 0 Å². The lowest BCUT2D eigenvalue weighted by molar-refractivity contribution is 1.00. The highest BCUT2D eigenvalue weighted by Crippen LogP contribution is 2.49. The fourth-order valence-electron chi connectivity index (χ4n) is 20.5. The number of para-hydroxylation sites is 4. The van der Waals surface area contributed by atoms with Gasteiger partial charge in [-0.2, -0.15) is 21.0 Å². The number of nitriles is 4. The van der Waals surface area contributed by atoms with E-state index in [0.717, 1.165) is 110 Å². The Morgan fingerprint density at radius 3 is 1.32 bits per heavy atom. The van der Waals surface area contributed by atoms with Crippen molar-refractivity contribution in [3.63, 3.8) is 0 Å². The normalized spacial score (nSPS) is 11.8. The first-order chi connectivity index (χ1) is 65.3. The number of aromatic nitrogens is 7. The van der Waals surface area contributed by atoms with Crippen molar-refractivity contribution in [3.05, 3.63) is 405 Å². The molecule has 0 amide bonds. The molecule has 28 aromatic rings. The third-order valence-corrected chi connectivity index (χ3v) is 29.9. The van der Waals surface area contributed by atoms with Crippen LogP contribution in [0.5, 0.6) is 0 Å². The van der Waals surface area contributed by atoms with Crippen molar-refractivity contribution in [2.75, 3.05) is 0 Å². The Morgan fingerprint density at radius 2 is 0.674 bits per heavy atom. The van der Waals surface area contributed by atoms with E-state index in [9.17, 15) is 21.0 Å². The number of benzene rings is 19. The zero-order valence-corrected chi connectivity index (χ0v) is 72.5. The van der Waals surface area contributed by atoms with Crippen LogP contribution in [0.2, 0.25) is 0 Å². The monoisotopic (exact) mass is 1730 g/mol. The second-order valence-corrected chi connectivity index (χ2v) is 36.6. The maximum absolute atomic E-state index is 10.4. The summed E-state index contributed by atoms with van der Waals surface area (Å²) in [7, 11) is 0. The first-order valence-electron chi connectivity index (χ1n) is 43.5. The SMILES string of the molecule is N#Cc1c(-n2c3ccc(-c4cccc5c4sc4ccccc45)cc3c3c4ccccc4ccc32)nc2ccccc2c1C#N.N#Cc1cc(-n2c3ccccc3c3cc(-c4cccc5c4sc4ccc6ccccc6c45)ccc32)nc2ccccc12.N#Cc1nc(-n2c3ccc(-c4ccc5c(c4)sc4ccc6ccccc6c45)cc3c3c4ccccc4ccc32)nc2ccccc12. The van der Waals surface area contributed by atoms with Gasteiger partial charge in [-0.15, -0.1) is 34.0 Å². The summed E-state index contributed by atoms with van der Waals surface area (Å²) in [6, 6.07) is 143. The summed E-state index contributed by atoms with van der Waals surface area (Å²) >= 11 is 5.55. The van der Waals surface area contributed by atoms with Crippen molar-refractivity contribution < 1.29 is 0 Å². The number of hydrogen-bond acceptors (Lipinski definition) is 11. The maximum atomic E-state index is 10.4. The van der Waals surface area contributed by atoms with Crippen LogP contribution in [0.3, 0.4) is 0 Å². The molecule has 0 radical (unpaired) electrons. The van der Waals surface area contributed by atoms with Crippen LogP contribution in [0, 0.1) is 45.3 Å². The first kappa shape index (κ1) is 75.7. The molecule has 608 valence electrons. The molecule has 0 fully saturated rings. The van der Waals surface area contributed by atoms with Crippen molar-refractivity contribution in [1.29, 1.82) is 21.0 Å². The van der Waals surface area contributed by atoms with Gasteiger partial charge in [-0.1, -0.05) is 273 Å². The molecule has 14 heteroatoms. The van der Waals surface area contributed by atoms with E-state index in [2.05, 4.69) is 341 Å². The number of thiophene rings is 3. The van der Waals surface area contributed by atoms with Gasteiger partial charge in [-0.25, -0.2) is 19.9 Å². The van der Waals surface area contributed by atoms with Gasteiger partial charge in [0, 0.05) is 109 Å². The number of hydrogen-bond donors (Lipinski definition) is 0. The molecular formula is C118H63N11S3. The number of pyridine rings is 2. The Balaban J connectivity index is 0.000000104. The zero-order chi connectivity index (χ0) is 87.5. The molecule has 0 saturated carbocycles. The van der Waals surface area contributed by atoms with Crippen LogP contribution in [0.15, 0.2) is 382 Å². The molecule has 0 spiro atoms. The molecule has 0 unspecified atom stereocenters. The summed E-state index contributed by atoms with van der Waals surface area (Å²) in [5.74, 6) is 1.72. The standard InChI is InChI=1S/C41H22N4S.C39H20N4S.C38H21N3S/c42-23-34-30-11-5-6-12-33(30)43-41(44-34)45-35-18-15-26(21-32(35)39-28-9-3-1-7-24(28)14-19-36(39)45)27-13-17-31-38(22-27)46-37-20-16-25-8-2-4-10-29(25)40(31)37;40-21-31-27-10-3-5-14-33(27)42-39(32(31)22-41)43-34-18-17-24(20-30(34)37-25-9-2-1-8-23(25)16-19-35(37)43)26-12-7-13-29-28-11-4-6-15-36(28)44-38(26)29;39-22-25-21-36(40-32-14-5-3-9-26(25)32)41-33-15-6-4-11-29(33)31-20-24(16-18-34(31)41)28-12-7-13-30-37-27-10-2-1-8-23(27)17-19-35(37)42-38(28)30/h1-22H;1-20H;1-21H. The average molecular weight is 1730 g/mol. The smallest absolute Gasteiger partial charge is 0.236 e. The molecular weight excluding hydrogens is 1670 g/mol. The van der Waals surface area contributed by atoms with E-state index in [1.54, 1.807) is 0 Å². The second kappa shape index (κ2) is 30.0. The van der Waals surface area contributed by atoms with E-state index in [4.69, 9.17) is 19.9 Å². The molecule has 0 bridgehead atoms. The van der Waals surface area contributed by atoms with Gasteiger partial charge in [0.25, 0.3) is 0 Å². The lowest BCUT2D eigenvalue weighted by Crippen LogP contribution is -2.04. The molecule has 0 aliphatic carbocycles. The van der Waals surface area contributed by atoms with Gasteiger partial charge in [-0.05, 0) is 186 Å². The van der Waals surface area contributed by atoms with E-state index in [0.29, 0.717) is 39.5 Å². The number of fused-ring (bicyclic) bond motifs is 29. The van der Waals surface area contributed by atoms with Crippen molar-refractivity contribution in [3.8, 4) is 75.2 Å². The highest BCUT2D eigenvalue weighted by Gasteiger charge is 2.27. The van der Waals surface area contributed by atoms with Gasteiger partial charge in [0.1, 0.15) is 29.6 Å². The number of rotatable bonds is 6. The molecule has 0 saturated heterocycles. The van der Waals surface area contributed by atoms with Gasteiger partial charge in [0.05, 0.1) is 66.8 Å². The Bertz CT molecular complexity index is 10100. The second-order valence-electron chi connectivity index (χ2n) is 33.4. The number of nitrogens with zero attached hydrogens (tertiary/aromatic N) is 11. The summed E-state index contributed by atoms with van der Waals surface area (Å²) in [5.41, 5.74) is 17.0. The fourth-order valence-corrected chi connectivity index (χ4v) is 24.1. The highest BCUT2D eigenvalue weighted by atomic mass is 32.1. The molecule has 132 heavy (non-hydrogen) atoms. The summed E-state index contributed by atoms with van der Waals surface area (Å²) in [4.78, 5) is 19.8. The minimum Gasteiger partial charge on any atom is -0.294 e. The van der Waals surface area contributed by atoms with Crippen molar-refractivity contribution in [2.24, 2.45) is 0 Å². The van der Waals surface area contributed by atoms with Crippen LogP contribution in [0.4, 0.5) is 0 Å². The van der Waals surface area contributed by atoms with E-state index in [-0.39, 0.29) is 5.56 Å².